The molecule has 3 heteroatoms. The lowest BCUT2D eigenvalue weighted by Crippen LogP contribution is -2.24. The smallest absolute Gasteiger partial charge is 0.0721 e. The lowest BCUT2D eigenvalue weighted by Gasteiger charge is -2.09. The Morgan fingerprint density at radius 3 is 2.33 bits per heavy atom. The van der Waals surface area contributed by atoms with Gasteiger partial charge in [0.2, 0.25) is 0 Å². The van der Waals surface area contributed by atoms with Crippen LogP contribution in [0.15, 0.2) is 0 Å². The summed E-state index contributed by atoms with van der Waals surface area (Å²) in [5.74, 6) is 0.782. The molecule has 1 rings (SSSR count). The van der Waals surface area contributed by atoms with Crippen LogP contribution in [0.3, 0.4) is 0 Å². The maximum atomic E-state index is 5.40. The first-order chi connectivity index (χ1) is 3.88. The second-order valence-corrected chi connectivity index (χ2v) is 2.35. The predicted octanol–water partition coefficient (Wildman–Crippen LogP) is 0.792. The molecule has 2 N–H and O–H groups in total. The van der Waals surface area contributed by atoms with Gasteiger partial charge in [-0.1, -0.05) is 0 Å². The Balaban J connectivity index is 0.000000640. The molecule has 1 aliphatic rings. The van der Waals surface area contributed by atoms with Crippen LogP contribution in [0.4, 0.5) is 0 Å². The van der Waals surface area contributed by atoms with Crippen molar-refractivity contribution in [2.75, 3.05) is 13.7 Å². The fraction of sp³-hybridized carbons (Fsp3) is 1.00. The number of hydrogen-bond donors (Lipinski definition) is 1. The topological polar surface area (TPSA) is 35.2 Å². The van der Waals surface area contributed by atoms with Gasteiger partial charge in [-0.2, -0.15) is 0 Å². The maximum Gasteiger partial charge on any atom is 0.0721 e. The number of nitrogens with two attached hydrogens (primary N) is 1. The molecule has 0 radical (unpaired) electrons. The van der Waals surface area contributed by atoms with Crippen LogP contribution in [0.5, 0.6) is 0 Å². The lowest BCUT2D eigenvalue weighted by molar-refractivity contribution is 0.0915. The van der Waals surface area contributed by atoms with E-state index < -0.39 is 0 Å². The normalized spacial score (nSPS) is 20.7. The van der Waals surface area contributed by atoms with Crippen LogP contribution in [-0.4, -0.2) is 19.8 Å². The first-order valence-corrected chi connectivity index (χ1v) is 3.11. The third kappa shape index (κ3) is 2.52. The zero-order chi connectivity index (χ0) is 5.98. The minimum absolute atomic E-state index is 0. The van der Waals surface area contributed by atoms with Gasteiger partial charge in [0.25, 0.3) is 0 Å². The third-order valence-corrected chi connectivity index (χ3v) is 1.68. The minimum Gasteiger partial charge on any atom is -0.380 e. The molecule has 0 aromatic carbocycles. The Labute approximate surface area is 62.2 Å². The fourth-order valence-electron chi connectivity index (χ4n) is 0.949. The number of methoxy groups -OCH3 is 1. The van der Waals surface area contributed by atoms with E-state index in [2.05, 4.69) is 0 Å². The highest BCUT2D eigenvalue weighted by atomic mass is 35.5. The van der Waals surface area contributed by atoms with Crippen LogP contribution >= 0.6 is 12.4 Å². The number of ether oxygens (including phenoxy) is 1. The molecular formula is C6H14ClNO. The van der Waals surface area contributed by atoms with Gasteiger partial charge in [0, 0.05) is 13.7 Å². The standard InChI is InChI=1S/C6H13NO.ClH/c1-8-6(4-7)5-2-3-5;/h5-6H,2-4,7H2,1H3;1H. The van der Waals surface area contributed by atoms with Crippen molar-refractivity contribution in [2.45, 2.75) is 18.9 Å². The molecule has 0 heterocycles. The molecule has 0 aromatic rings. The molecule has 1 atom stereocenters. The highest BCUT2D eigenvalue weighted by Gasteiger charge is 2.29. The van der Waals surface area contributed by atoms with Crippen LogP contribution in [0, 0.1) is 5.92 Å². The highest BCUT2D eigenvalue weighted by Crippen LogP contribution is 2.33. The Morgan fingerprint density at radius 1 is 1.67 bits per heavy atom. The minimum atomic E-state index is 0. The molecule has 9 heavy (non-hydrogen) atoms. The van der Waals surface area contributed by atoms with Crippen molar-refractivity contribution in [3.05, 3.63) is 0 Å². The van der Waals surface area contributed by atoms with Crippen molar-refractivity contribution in [3.8, 4) is 0 Å². The Bertz CT molecular complexity index is 71.5. The molecule has 0 saturated heterocycles. The Hall–Kier alpha value is 0.210. The molecule has 1 fully saturated rings. The van der Waals surface area contributed by atoms with E-state index in [0.29, 0.717) is 12.6 Å². The van der Waals surface area contributed by atoms with Crippen molar-refractivity contribution in [3.63, 3.8) is 0 Å². The van der Waals surface area contributed by atoms with E-state index in [1.807, 2.05) is 0 Å². The van der Waals surface area contributed by atoms with E-state index in [0.717, 1.165) is 5.92 Å². The summed E-state index contributed by atoms with van der Waals surface area (Å²) in [5.41, 5.74) is 5.40. The number of rotatable bonds is 3. The van der Waals surface area contributed by atoms with Gasteiger partial charge in [-0.3, -0.25) is 0 Å². The summed E-state index contributed by atoms with van der Waals surface area (Å²) in [7, 11) is 1.73. The zero-order valence-corrected chi connectivity index (χ0v) is 6.49. The molecule has 2 nitrogen and oxygen atoms in total. The Morgan fingerprint density at radius 2 is 2.22 bits per heavy atom. The van der Waals surface area contributed by atoms with E-state index in [1.54, 1.807) is 7.11 Å². The monoisotopic (exact) mass is 151 g/mol. The van der Waals surface area contributed by atoms with Crippen LogP contribution in [0.1, 0.15) is 12.8 Å². The van der Waals surface area contributed by atoms with E-state index in [4.69, 9.17) is 10.5 Å². The largest absolute Gasteiger partial charge is 0.380 e. The SMILES string of the molecule is COC(CN)C1CC1.Cl. The van der Waals surface area contributed by atoms with Gasteiger partial charge < -0.3 is 10.5 Å². The predicted molar refractivity (Wildman–Crippen MR) is 39.8 cm³/mol. The van der Waals surface area contributed by atoms with Gasteiger partial charge in [0.15, 0.2) is 0 Å². The molecule has 1 unspecified atom stereocenters. The summed E-state index contributed by atoms with van der Waals surface area (Å²) in [5, 5.41) is 0. The number of halogens is 1. The van der Waals surface area contributed by atoms with Gasteiger partial charge >= 0.3 is 0 Å². The van der Waals surface area contributed by atoms with E-state index in [1.165, 1.54) is 12.8 Å². The molecule has 56 valence electrons. The van der Waals surface area contributed by atoms with Crippen LogP contribution in [-0.2, 0) is 4.74 Å². The van der Waals surface area contributed by atoms with Crippen molar-refractivity contribution in [1.82, 2.24) is 0 Å². The average molecular weight is 152 g/mol. The maximum absolute atomic E-state index is 5.40. The third-order valence-electron chi connectivity index (χ3n) is 1.68. The van der Waals surface area contributed by atoms with Gasteiger partial charge in [-0.25, -0.2) is 0 Å². The van der Waals surface area contributed by atoms with Crippen molar-refractivity contribution in [1.29, 1.82) is 0 Å². The van der Waals surface area contributed by atoms with Crippen molar-refractivity contribution in [2.24, 2.45) is 11.7 Å². The lowest BCUT2D eigenvalue weighted by atomic mass is 10.2. The fourth-order valence-corrected chi connectivity index (χ4v) is 0.949. The van der Waals surface area contributed by atoms with Crippen LogP contribution in [0.25, 0.3) is 0 Å². The average Bonchev–Trinajstić information content (AvgIpc) is 2.53. The molecule has 1 saturated carbocycles. The summed E-state index contributed by atoms with van der Waals surface area (Å²) < 4.78 is 5.10. The molecule has 0 spiro atoms. The first kappa shape index (κ1) is 9.21. The van der Waals surface area contributed by atoms with Crippen LogP contribution in [0.2, 0.25) is 0 Å². The molecule has 0 aliphatic heterocycles. The van der Waals surface area contributed by atoms with Crippen molar-refractivity contribution < 1.29 is 4.74 Å². The molecular weight excluding hydrogens is 138 g/mol. The molecule has 0 amide bonds. The van der Waals surface area contributed by atoms with E-state index in [-0.39, 0.29) is 12.4 Å². The zero-order valence-electron chi connectivity index (χ0n) is 5.67. The second kappa shape index (κ2) is 4.09. The quantitative estimate of drug-likeness (QED) is 0.648. The summed E-state index contributed by atoms with van der Waals surface area (Å²) >= 11 is 0. The van der Waals surface area contributed by atoms with Gasteiger partial charge in [-0.15, -0.1) is 12.4 Å². The van der Waals surface area contributed by atoms with Gasteiger partial charge in [-0.05, 0) is 18.8 Å². The summed E-state index contributed by atoms with van der Waals surface area (Å²) in [4.78, 5) is 0. The summed E-state index contributed by atoms with van der Waals surface area (Å²) in [6, 6.07) is 0. The highest BCUT2D eigenvalue weighted by molar-refractivity contribution is 5.85. The van der Waals surface area contributed by atoms with Crippen molar-refractivity contribution >= 4 is 12.4 Å². The van der Waals surface area contributed by atoms with E-state index in [9.17, 15) is 0 Å². The second-order valence-electron chi connectivity index (χ2n) is 2.35. The molecule has 1 aliphatic carbocycles. The van der Waals surface area contributed by atoms with Gasteiger partial charge in [0.1, 0.15) is 0 Å². The summed E-state index contributed by atoms with van der Waals surface area (Å²) in [6.45, 7) is 0.682. The first-order valence-electron chi connectivity index (χ1n) is 3.11. The molecule has 0 aromatic heterocycles. The van der Waals surface area contributed by atoms with Gasteiger partial charge in [0.05, 0.1) is 6.10 Å². The summed E-state index contributed by atoms with van der Waals surface area (Å²) in [6.07, 6.45) is 2.97. The number of hydrogen-bond acceptors (Lipinski definition) is 2. The van der Waals surface area contributed by atoms with Crippen LogP contribution < -0.4 is 5.73 Å². The van der Waals surface area contributed by atoms with E-state index >= 15 is 0 Å². The molecule has 0 bridgehead atoms. The Kier molecular flexibility index (Phi) is 4.19.